The second kappa shape index (κ2) is 12.3. The summed E-state index contributed by atoms with van der Waals surface area (Å²) in [4.78, 5) is 71.4. The van der Waals surface area contributed by atoms with Crippen LogP contribution in [0, 0.1) is 0 Å². The molecule has 3 rings (SSSR count). The Morgan fingerprint density at radius 2 is 2.13 bits per heavy atom. The van der Waals surface area contributed by atoms with Crippen LogP contribution in [0.4, 0.5) is 5.13 Å². The highest BCUT2D eigenvalue weighted by molar-refractivity contribution is 8.05. The molecule has 2 aliphatic rings. The van der Waals surface area contributed by atoms with E-state index in [0.717, 1.165) is 17.8 Å². The van der Waals surface area contributed by atoms with Gasteiger partial charge in [-0.3, -0.25) is 19.2 Å². The fraction of sp³-hybridized carbons (Fsp3) is 0.591. The van der Waals surface area contributed by atoms with E-state index in [0.29, 0.717) is 12.2 Å². The molecule has 1 aromatic heterocycles. The van der Waals surface area contributed by atoms with Crippen molar-refractivity contribution in [3.63, 3.8) is 0 Å². The van der Waals surface area contributed by atoms with Crippen LogP contribution in [0.5, 0.6) is 0 Å². The number of hydrogen-bond donors (Lipinski definition) is 3. The van der Waals surface area contributed by atoms with E-state index in [-0.39, 0.29) is 28.8 Å². The number of carbonyl (C=O) groups excluding carboxylic acids is 4. The Hall–Kier alpha value is -2.85. The number of carboxylic acids is 1. The minimum Gasteiger partial charge on any atom is -0.480 e. The average molecular weight is 588 g/mol. The number of oxime groups is 1. The van der Waals surface area contributed by atoms with Crippen LogP contribution in [0.25, 0.3) is 0 Å². The van der Waals surface area contributed by atoms with Gasteiger partial charge in [0.25, 0.3) is 5.91 Å². The SMILES string of the molecule is CCCSC1(C(=O)O)CS[C@@H]2C(NC(=O)C(=NOCC(=O)OC(C)(C)C)c3csc(NC=O)n3)C(=O)N2C1. The molecule has 3 heterocycles. The molecule has 2 aliphatic heterocycles. The van der Waals surface area contributed by atoms with Gasteiger partial charge in [-0.05, 0) is 32.9 Å². The third kappa shape index (κ3) is 6.96. The van der Waals surface area contributed by atoms with Crippen molar-refractivity contribution in [2.75, 3.05) is 30.0 Å². The lowest BCUT2D eigenvalue weighted by atomic mass is 10.0. The van der Waals surface area contributed by atoms with E-state index in [4.69, 9.17) is 9.57 Å². The molecule has 3 amide bonds. The van der Waals surface area contributed by atoms with Crippen LogP contribution in [0.1, 0.15) is 39.8 Å². The lowest BCUT2D eigenvalue weighted by Crippen LogP contribution is -2.74. The van der Waals surface area contributed by atoms with Crippen molar-refractivity contribution in [1.29, 1.82) is 0 Å². The third-order valence-corrected chi connectivity index (χ3v) is 9.31. The molecule has 3 N–H and O–H groups in total. The second-order valence-corrected chi connectivity index (χ2v) is 12.8. The predicted molar refractivity (Wildman–Crippen MR) is 143 cm³/mol. The summed E-state index contributed by atoms with van der Waals surface area (Å²) in [5.41, 5.74) is -0.994. The smallest absolute Gasteiger partial charge is 0.347 e. The van der Waals surface area contributed by atoms with Crippen molar-refractivity contribution in [2.45, 2.75) is 55.9 Å². The van der Waals surface area contributed by atoms with E-state index >= 15 is 0 Å². The van der Waals surface area contributed by atoms with E-state index in [1.165, 1.54) is 33.8 Å². The number of amides is 3. The molecule has 16 heteroatoms. The van der Waals surface area contributed by atoms with Crippen LogP contribution in [-0.2, 0) is 33.5 Å². The summed E-state index contributed by atoms with van der Waals surface area (Å²) in [5, 5.41) is 19.8. The molecule has 1 aromatic rings. The number of ether oxygens (including phenoxy) is 1. The number of thioether (sulfide) groups is 2. The van der Waals surface area contributed by atoms with Gasteiger partial charge in [0.15, 0.2) is 10.8 Å². The van der Waals surface area contributed by atoms with Crippen molar-refractivity contribution in [3.8, 4) is 0 Å². The summed E-state index contributed by atoms with van der Waals surface area (Å²) in [6.07, 6.45) is 1.23. The number of hydrogen-bond acceptors (Lipinski definition) is 12. The number of anilines is 1. The molecule has 2 saturated heterocycles. The zero-order valence-corrected chi connectivity index (χ0v) is 23.7. The Morgan fingerprint density at radius 3 is 2.76 bits per heavy atom. The van der Waals surface area contributed by atoms with Crippen LogP contribution in [0.2, 0.25) is 0 Å². The number of nitrogens with one attached hydrogen (secondary N) is 2. The number of carboxylic acid groups (broad SMARTS) is 1. The normalized spacial score (nSPS) is 23.1. The van der Waals surface area contributed by atoms with Crippen LogP contribution in [-0.4, -0.2) is 97.3 Å². The number of aliphatic carboxylic acids is 1. The molecule has 0 aromatic carbocycles. The van der Waals surface area contributed by atoms with Crippen LogP contribution < -0.4 is 10.6 Å². The average Bonchev–Trinajstić information content (AvgIpc) is 3.30. The molecule has 2 fully saturated rings. The number of esters is 1. The van der Waals surface area contributed by atoms with E-state index in [2.05, 4.69) is 20.8 Å². The Labute approximate surface area is 231 Å². The molecule has 38 heavy (non-hydrogen) atoms. The molecule has 0 bridgehead atoms. The van der Waals surface area contributed by atoms with Gasteiger partial charge < -0.3 is 30.2 Å². The first-order valence-electron chi connectivity index (χ1n) is 11.6. The fourth-order valence-corrected chi connectivity index (χ4v) is 7.09. The number of thiazole rings is 1. The molecule has 0 saturated carbocycles. The van der Waals surface area contributed by atoms with Gasteiger partial charge in [-0.2, -0.15) is 0 Å². The zero-order chi connectivity index (χ0) is 28.1. The zero-order valence-electron chi connectivity index (χ0n) is 21.2. The molecule has 0 spiro atoms. The van der Waals surface area contributed by atoms with Crippen molar-refractivity contribution in [2.24, 2.45) is 5.16 Å². The number of nitrogens with zero attached hydrogens (tertiary/aromatic N) is 3. The van der Waals surface area contributed by atoms with Gasteiger partial charge in [-0.15, -0.1) is 34.9 Å². The third-order valence-electron chi connectivity index (χ3n) is 5.22. The number of carbonyl (C=O) groups is 5. The number of fused-ring (bicyclic) bond motifs is 1. The summed E-state index contributed by atoms with van der Waals surface area (Å²) < 4.78 is 4.05. The maximum atomic E-state index is 13.2. The maximum Gasteiger partial charge on any atom is 0.347 e. The van der Waals surface area contributed by atoms with Gasteiger partial charge >= 0.3 is 11.9 Å². The Balaban J connectivity index is 1.72. The highest BCUT2D eigenvalue weighted by Crippen LogP contribution is 2.44. The van der Waals surface area contributed by atoms with E-state index in [1.54, 1.807) is 20.8 Å². The quantitative estimate of drug-likeness (QED) is 0.105. The van der Waals surface area contributed by atoms with Crippen LogP contribution in [0.15, 0.2) is 10.5 Å². The molecular formula is C22H29N5O8S3. The Kier molecular flexibility index (Phi) is 9.64. The van der Waals surface area contributed by atoms with E-state index in [9.17, 15) is 29.1 Å². The second-order valence-electron chi connectivity index (χ2n) is 9.37. The first-order valence-corrected chi connectivity index (χ1v) is 14.5. The molecule has 2 unspecified atom stereocenters. The molecule has 0 aliphatic carbocycles. The topological polar surface area (TPSA) is 177 Å². The van der Waals surface area contributed by atoms with Gasteiger partial charge in [0.1, 0.15) is 27.5 Å². The number of aromatic nitrogens is 1. The van der Waals surface area contributed by atoms with Gasteiger partial charge in [0.05, 0.1) is 0 Å². The molecule has 13 nitrogen and oxygen atoms in total. The monoisotopic (exact) mass is 587 g/mol. The van der Waals surface area contributed by atoms with Crippen molar-refractivity contribution in [1.82, 2.24) is 15.2 Å². The molecule has 0 radical (unpaired) electrons. The number of β-lactam (4-membered cyclic amide) rings is 1. The summed E-state index contributed by atoms with van der Waals surface area (Å²) in [6, 6.07) is -0.905. The fourth-order valence-electron chi connectivity index (χ4n) is 3.56. The summed E-state index contributed by atoms with van der Waals surface area (Å²) in [5.74, 6) is -1.94. The highest BCUT2D eigenvalue weighted by atomic mass is 32.2. The van der Waals surface area contributed by atoms with E-state index < -0.39 is 52.1 Å². The largest absolute Gasteiger partial charge is 0.480 e. The minimum atomic E-state index is -1.10. The van der Waals surface area contributed by atoms with E-state index in [1.807, 2.05) is 6.92 Å². The summed E-state index contributed by atoms with van der Waals surface area (Å²) in [7, 11) is 0. The minimum absolute atomic E-state index is 0.0443. The standard InChI is InChI=1S/C22H29N5O8S3/c1-5-6-38-22(19(32)33)9-27-17(31)15(18(27)37-10-22)25-16(30)14(12-8-36-20(24-12)23-11-28)26-34-7-13(29)35-21(2,3)4/h8,11,15,18H,5-7,9-10H2,1-4H3,(H,25,30)(H,32,33)(H,23,24,28)/t15?,18-,22?/m1/s1. The van der Waals surface area contributed by atoms with Crippen molar-refractivity contribution < 1.29 is 38.7 Å². The first-order chi connectivity index (χ1) is 17.9. The predicted octanol–water partition coefficient (Wildman–Crippen LogP) is 1.14. The van der Waals surface area contributed by atoms with Crippen molar-refractivity contribution in [3.05, 3.63) is 11.1 Å². The van der Waals surface area contributed by atoms with Crippen LogP contribution >= 0.6 is 34.9 Å². The maximum absolute atomic E-state index is 13.2. The Bertz CT molecular complexity index is 1120. The summed E-state index contributed by atoms with van der Waals surface area (Å²) in [6.45, 7) is 6.50. The van der Waals surface area contributed by atoms with Gasteiger partial charge in [-0.1, -0.05) is 12.1 Å². The molecule has 3 atom stereocenters. The number of rotatable bonds is 12. The molecular weight excluding hydrogens is 558 g/mol. The lowest BCUT2D eigenvalue weighted by Gasteiger charge is -2.53. The van der Waals surface area contributed by atoms with Gasteiger partial charge in [0.2, 0.25) is 18.9 Å². The van der Waals surface area contributed by atoms with Crippen molar-refractivity contribution >= 4 is 75.9 Å². The first kappa shape index (κ1) is 29.7. The molecule has 208 valence electrons. The van der Waals surface area contributed by atoms with Gasteiger partial charge in [0, 0.05) is 17.7 Å². The Morgan fingerprint density at radius 1 is 1.39 bits per heavy atom. The highest BCUT2D eigenvalue weighted by Gasteiger charge is 2.57. The lowest BCUT2D eigenvalue weighted by molar-refractivity contribution is -0.160. The van der Waals surface area contributed by atoms with Gasteiger partial charge in [-0.25, -0.2) is 9.78 Å². The van der Waals surface area contributed by atoms with Crippen LogP contribution in [0.3, 0.4) is 0 Å². The summed E-state index contributed by atoms with van der Waals surface area (Å²) >= 11 is 3.65.